The Morgan fingerprint density at radius 1 is 1.00 bits per heavy atom. The highest BCUT2D eigenvalue weighted by Crippen LogP contribution is 2.20. The molecule has 5 nitrogen and oxygen atoms in total. The molecular formula is C21H18BrN3O2. The van der Waals surface area contributed by atoms with E-state index in [0.717, 1.165) is 16.5 Å². The molecule has 2 aromatic carbocycles. The van der Waals surface area contributed by atoms with Crippen molar-refractivity contribution >= 4 is 21.8 Å². The minimum atomic E-state index is -0.276. The third-order valence-electron chi connectivity index (χ3n) is 4.77. The fraction of sp³-hybridized carbons (Fsp3) is 0.190. The average molecular weight is 424 g/mol. The minimum Gasteiger partial charge on any atom is -0.336 e. The molecule has 0 fully saturated rings. The van der Waals surface area contributed by atoms with Crippen molar-refractivity contribution in [1.29, 1.82) is 0 Å². The lowest BCUT2D eigenvalue weighted by atomic mass is 10.00. The number of nitrogens with zero attached hydrogens (tertiary/aromatic N) is 3. The molecule has 136 valence electrons. The Bertz CT molecular complexity index is 1040. The van der Waals surface area contributed by atoms with Crippen molar-refractivity contribution in [2.45, 2.75) is 19.5 Å². The first-order chi connectivity index (χ1) is 13.1. The fourth-order valence-electron chi connectivity index (χ4n) is 3.27. The third kappa shape index (κ3) is 3.85. The van der Waals surface area contributed by atoms with E-state index in [1.807, 2.05) is 42.5 Å². The maximum Gasteiger partial charge on any atom is 0.267 e. The summed E-state index contributed by atoms with van der Waals surface area (Å²) in [6.07, 6.45) is 0.836. The molecule has 4 rings (SSSR count). The van der Waals surface area contributed by atoms with E-state index in [4.69, 9.17) is 0 Å². The largest absolute Gasteiger partial charge is 0.336 e. The molecule has 3 aromatic rings. The van der Waals surface area contributed by atoms with Crippen LogP contribution in [0.25, 0.3) is 11.3 Å². The van der Waals surface area contributed by atoms with Crippen LogP contribution in [0.5, 0.6) is 0 Å². The van der Waals surface area contributed by atoms with Crippen LogP contribution in [0.1, 0.15) is 11.1 Å². The molecule has 1 aromatic heterocycles. The highest BCUT2D eigenvalue weighted by atomic mass is 79.9. The number of halogens is 1. The number of carbonyl (C=O) groups is 1. The van der Waals surface area contributed by atoms with E-state index in [9.17, 15) is 9.59 Å². The number of aromatic nitrogens is 2. The molecule has 27 heavy (non-hydrogen) atoms. The lowest BCUT2D eigenvalue weighted by molar-refractivity contribution is -0.133. The summed E-state index contributed by atoms with van der Waals surface area (Å²) in [6.45, 7) is 1.19. The monoisotopic (exact) mass is 423 g/mol. The van der Waals surface area contributed by atoms with Gasteiger partial charge in [-0.15, -0.1) is 0 Å². The van der Waals surface area contributed by atoms with Gasteiger partial charge < -0.3 is 4.90 Å². The lowest BCUT2D eigenvalue weighted by Gasteiger charge is -2.29. The van der Waals surface area contributed by atoms with E-state index < -0.39 is 0 Å². The molecule has 6 heteroatoms. The lowest BCUT2D eigenvalue weighted by Crippen LogP contribution is -2.40. The second-order valence-corrected chi connectivity index (χ2v) is 7.47. The summed E-state index contributed by atoms with van der Waals surface area (Å²) >= 11 is 3.41. The predicted molar refractivity (Wildman–Crippen MR) is 107 cm³/mol. The van der Waals surface area contributed by atoms with E-state index in [1.165, 1.54) is 21.9 Å². The summed E-state index contributed by atoms with van der Waals surface area (Å²) in [6, 6.07) is 19.0. The Kier molecular flexibility index (Phi) is 4.90. The number of hydrogen-bond acceptors (Lipinski definition) is 3. The molecule has 1 aliphatic heterocycles. The van der Waals surface area contributed by atoms with Crippen molar-refractivity contribution in [2.75, 3.05) is 6.54 Å². The molecule has 0 radical (unpaired) electrons. The topological polar surface area (TPSA) is 55.2 Å². The molecule has 0 saturated heterocycles. The van der Waals surface area contributed by atoms with Gasteiger partial charge in [0.1, 0.15) is 6.54 Å². The summed E-state index contributed by atoms with van der Waals surface area (Å²) in [4.78, 5) is 26.7. The van der Waals surface area contributed by atoms with Crippen LogP contribution in [-0.2, 0) is 24.3 Å². The van der Waals surface area contributed by atoms with E-state index in [-0.39, 0.29) is 18.0 Å². The van der Waals surface area contributed by atoms with Crippen LogP contribution >= 0.6 is 15.9 Å². The van der Waals surface area contributed by atoms with E-state index in [0.29, 0.717) is 18.8 Å². The van der Waals surface area contributed by atoms with Gasteiger partial charge in [-0.2, -0.15) is 5.10 Å². The third-order valence-corrected chi connectivity index (χ3v) is 5.30. The van der Waals surface area contributed by atoms with Gasteiger partial charge in [0.05, 0.1) is 5.69 Å². The van der Waals surface area contributed by atoms with Crippen LogP contribution in [-0.4, -0.2) is 27.1 Å². The number of fused-ring (bicyclic) bond motifs is 1. The number of benzene rings is 2. The summed E-state index contributed by atoms with van der Waals surface area (Å²) in [5.41, 5.74) is 3.74. The van der Waals surface area contributed by atoms with Gasteiger partial charge in [0, 0.05) is 29.2 Å². The maximum atomic E-state index is 12.7. The van der Waals surface area contributed by atoms with Crippen molar-refractivity contribution in [2.24, 2.45) is 0 Å². The highest BCUT2D eigenvalue weighted by Gasteiger charge is 2.21. The van der Waals surface area contributed by atoms with Gasteiger partial charge in [-0.05, 0) is 35.7 Å². The van der Waals surface area contributed by atoms with Crippen molar-refractivity contribution < 1.29 is 4.79 Å². The van der Waals surface area contributed by atoms with Crippen LogP contribution in [0.15, 0.2) is 69.9 Å². The Morgan fingerprint density at radius 2 is 1.74 bits per heavy atom. The summed E-state index contributed by atoms with van der Waals surface area (Å²) < 4.78 is 2.22. The molecule has 0 N–H and O–H groups in total. The zero-order valence-electron chi connectivity index (χ0n) is 14.6. The van der Waals surface area contributed by atoms with Gasteiger partial charge in [0.2, 0.25) is 5.91 Å². The van der Waals surface area contributed by atoms with Crippen molar-refractivity contribution in [3.63, 3.8) is 0 Å². The Hall–Kier alpha value is -2.73. The van der Waals surface area contributed by atoms with Gasteiger partial charge in [-0.3, -0.25) is 9.59 Å². The fourth-order valence-corrected chi connectivity index (χ4v) is 3.54. The zero-order chi connectivity index (χ0) is 18.8. The zero-order valence-corrected chi connectivity index (χ0v) is 16.2. The molecule has 2 heterocycles. The van der Waals surface area contributed by atoms with Crippen LogP contribution in [0.4, 0.5) is 0 Å². The molecule has 0 saturated carbocycles. The van der Waals surface area contributed by atoms with Crippen molar-refractivity contribution in [3.8, 4) is 11.3 Å². The van der Waals surface area contributed by atoms with Gasteiger partial charge >= 0.3 is 0 Å². The van der Waals surface area contributed by atoms with Gasteiger partial charge in [-0.1, -0.05) is 52.3 Å². The molecule has 1 amide bonds. The summed E-state index contributed by atoms with van der Waals surface area (Å²) in [5.74, 6) is -0.0907. The first kappa shape index (κ1) is 17.7. The maximum absolute atomic E-state index is 12.7. The SMILES string of the molecule is O=C(Cn1nc(-c2ccc(Br)cc2)ccc1=O)N1CCc2ccccc2C1. The summed E-state index contributed by atoms with van der Waals surface area (Å²) in [5, 5.41) is 4.39. The van der Waals surface area contributed by atoms with Crippen LogP contribution in [0.2, 0.25) is 0 Å². The first-order valence-corrected chi connectivity index (χ1v) is 9.58. The van der Waals surface area contributed by atoms with Gasteiger partial charge in [0.15, 0.2) is 0 Å². The Balaban J connectivity index is 1.54. The molecular weight excluding hydrogens is 406 g/mol. The van der Waals surface area contributed by atoms with E-state index >= 15 is 0 Å². The molecule has 0 atom stereocenters. The smallest absolute Gasteiger partial charge is 0.267 e. The van der Waals surface area contributed by atoms with E-state index in [1.54, 1.807) is 11.0 Å². The van der Waals surface area contributed by atoms with Gasteiger partial charge in [0.25, 0.3) is 5.56 Å². The van der Waals surface area contributed by atoms with Crippen molar-refractivity contribution in [1.82, 2.24) is 14.7 Å². The Labute approximate surface area is 165 Å². The Morgan fingerprint density at radius 3 is 2.52 bits per heavy atom. The first-order valence-electron chi connectivity index (χ1n) is 8.79. The number of amides is 1. The number of hydrogen-bond donors (Lipinski definition) is 0. The minimum absolute atomic E-state index is 0.0502. The molecule has 0 bridgehead atoms. The van der Waals surface area contributed by atoms with Crippen LogP contribution in [0.3, 0.4) is 0 Å². The molecule has 0 unspecified atom stereocenters. The normalized spacial score (nSPS) is 13.3. The van der Waals surface area contributed by atoms with Crippen LogP contribution < -0.4 is 5.56 Å². The number of carbonyl (C=O) groups excluding carboxylic acids is 1. The molecule has 0 aliphatic carbocycles. The average Bonchev–Trinajstić information content (AvgIpc) is 2.70. The summed E-state index contributed by atoms with van der Waals surface area (Å²) in [7, 11) is 0. The molecule has 0 spiro atoms. The number of rotatable bonds is 3. The molecule has 1 aliphatic rings. The highest BCUT2D eigenvalue weighted by molar-refractivity contribution is 9.10. The van der Waals surface area contributed by atoms with Crippen molar-refractivity contribution in [3.05, 3.63) is 86.6 Å². The standard InChI is InChI=1S/C21H18BrN3O2/c22-18-7-5-16(6-8-18)19-9-10-20(26)25(23-19)14-21(27)24-12-11-15-3-1-2-4-17(15)13-24/h1-10H,11-14H2. The van der Waals surface area contributed by atoms with Gasteiger partial charge in [-0.25, -0.2) is 4.68 Å². The van der Waals surface area contributed by atoms with Crippen LogP contribution in [0, 0.1) is 0 Å². The van der Waals surface area contributed by atoms with E-state index in [2.05, 4.69) is 27.1 Å². The second-order valence-electron chi connectivity index (χ2n) is 6.56. The second kappa shape index (κ2) is 7.48. The quantitative estimate of drug-likeness (QED) is 0.649. The predicted octanol–water partition coefficient (Wildman–Crippen LogP) is 3.26.